The second-order valence-electron chi connectivity index (χ2n) is 35.6. The lowest BCUT2D eigenvalue weighted by Crippen LogP contribution is -2.36. The predicted molar refractivity (Wildman–Crippen MR) is 501 cm³/mol. The topological polar surface area (TPSA) is 510 Å². The lowest BCUT2D eigenvalue weighted by atomic mass is 9.99. The second kappa shape index (κ2) is 74.0. The Balaban J connectivity index is -0.000000188. The van der Waals surface area contributed by atoms with Gasteiger partial charge in [-0.3, -0.25) is 39.4 Å². The molecule has 6 rings (SSSR count). The minimum absolute atomic E-state index is 0.00926. The molecule has 4 aromatic heterocycles. The number of aliphatic imine (C=N–C) groups is 2. The van der Waals surface area contributed by atoms with E-state index in [1.807, 2.05) is 185 Å². The number of aliphatic hydroxyl groups excluding tert-OH is 1. The number of nitrogens with two attached hydrogens (primary N) is 4. The first-order valence-corrected chi connectivity index (χ1v) is 43.1. The Bertz CT molecular complexity index is 3060. The van der Waals surface area contributed by atoms with E-state index in [-0.39, 0.29) is 71.2 Å². The van der Waals surface area contributed by atoms with Gasteiger partial charge in [0.15, 0.2) is 11.6 Å². The van der Waals surface area contributed by atoms with Crippen LogP contribution < -0.4 is 50.1 Å². The van der Waals surface area contributed by atoms with Crippen molar-refractivity contribution in [1.82, 2.24) is 88.3 Å². The predicted octanol–water partition coefficient (Wildman–Crippen LogP) is 17.4. The number of nitrogens with zero attached hydrogens (tertiary/aromatic N) is 14. The molecule has 0 saturated carbocycles. The maximum absolute atomic E-state index is 11.0. The minimum Gasteiger partial charge on any atom is -0.512 e. The summed E-state index contributed by atoms with van der Waals surface area (Å²) in [7, 11) is 0. The summed E-state index contributed by atoms with van der Waals surface area (Å²) in [5.74, 6) is 13.1. The molecule has 2 aliphatic rings. The van der Waals surface area contributed by atoms with E-state index in [0.717, 1.165) is 52.9 Å². The zero-order valence-corrected chi connectivity index (χ0v) is 83.4. The Kier molecular flexibility index (Phi) is 78.1. The fourth-order valence-corrected chi connectivity index (χ4v) is 6.68. The molecule has 2 aliphatic heterocycles. The van der Waals surface area contributed by atoms with Crippen LogP contribution in [-0.4, -0.2) is 150 Å². The molecule has 18 N–H and O–H groups in total. The van der Waals surface area contributed by atoms with Crippen LogP contribution in [0.5, 0.6) is 0 Å². The van der Waals surface area contributed by atoms with E-state index in [4.69, 9.17) is 28.0 Å². The molecule has 0 atom stereocenters. The summed E-state index contributed by atoms with van der Waals surface area (Å²) in [6.07, 6.45) is 6.47. The molecular weight excluding hydrogens is 1520 g/mol. The number of tetrazole rings is 2. The van der Waals surface area contributed by atoms with Gasteiger partial charge < -0.3 is 48.6 Å². The molecule has 33 heteroatoms. The van der Waals surface area contributed by atoms with Crippen molar-refractivity contribution < 1.29 is 29.1 Å². The number of imidazole rings is 2. The van der Waals surface area contributed by atoms with Crippen LogP contribution in [0.25, 0.3) is 0 Å². The van der Waals surface area contributed by atoms with Crippen molar-refractivity contribution in [3.63, 3.8) is 0 Å². The highest BCUT2D eigenvalue weighted by Gasteiger charge is 2.13. The molecule has 0 saturated heterocycles. The molecular formula is C87H179N27O6. The van der Waals surface area contributed by atoms with Gasteiger partial charge in [0.05, 0.1) is 23.1 Å². The van der Waals surface area contributed by atoms with Crippen LogP contribution in [0.2, 0.25) is 0 Å². The van der Waals surface area contributed by atoms with Gasteiger partial charge in [-0.25, -0.2) is 15.5 Å². The van der Waals surface area contributed by atoms with Gasteiger partial charge in [0, 0.05) is 131 Å². The van der Waals surface area contributed by atoms with Crippen molar-refractivity contribution in [1.29, 1.82) is 0 Å². The van der Waals surface area contributed by atoms with Crippen molar-refractivity contribution in [2.45, 2.75) is 371 Å². The molecule has 4 aromatic rings. The van der Waals surface area contributed by atoms with E-state index in [0.29, 0.717) is 101 Å². The summed E-state index contributed by atoms with van der Waals surface area (Å²) in [4.78, 5) is 76.0. The smallest absolute Gasteiger partial charge is 0.222 e. The van der Waals surface area contributed by atoms with Crippen molar-refractivity contribution >= 4 is 52.6 Å². The number of hydrazone groups is 1. The Morgan fingerprint density at radius 1 is 0.450 bits per heavy atom. The highest BCUT2D eigenvalue weighted by atomic mass is 16.3. The first-order valence-electron chi connectivity index (χ1n) is 43.1. The number of carbonyl (C=O) groups is 5. The third kappa shape index (κ3) is 81.5. The molecule has 0 fully saturated rings. The largest absolute Gasteiger partial charge is 0.512 e. The van der Waals surface area contributed by atoms with Crippen LogP contribution in [0, 0.1) is 71.0 Å². The third-order valence-electron chi connectivity index (χ3n) is 14.8. The molecule has 4 amide bonds. The van der Waals surface area contributed by atoms with E-state index in [1.54, 1.807) is 27.7 Å². The molecule has 698 valence electrons. The van der Waals surface area contributed by atoms with Crippen molar-refractivity contribution in [3.05, 3.63) is 58.9 Å². The van der Waals surface area contributed by atoms with Gasteiger partial charge >= 0.3 is 0 Å². The minimum atomic E-state index is -0.241. The van der Waals surface area contributed by atoms with Crippen LogP contribution in [0.3, 0.4) is 0 Å². The van der Waals surface area contributed by atoms with Crippen LogP contribution in [0.4, 0.5) is 0 Å². The quantitative estimate of drug-likeness (QED) is 0.0186. The number of allylic oxidation sites excluding steroid dienone is 2. The lowest BCUT2D eigenvalue weighted by Gasteiger charge is -2.09. The van der Waals surface area contributed by atoms with E-state index in [9.17, 15) is 24.0 Å². The summed E-state index contributed by atoms with van der Waals surface area (Å²) in [5.41, 5.74) is 32.4. The van der Waals surface area contributed by atoms with E-state index in [2.05, 4.69) is 230 Å². The number of amides is 4. The molecule has 0 unspecified atom stereocenters. The highest BCUT2D eigenvalue weighted by Crippen LogP contribution is 2.17. The van der Waals surface area contributed by atoms with Crippen molar-refractivity contribution in [3.8, 4) is 0 Å². The number of Topliss-reactive ketones (excluding diaryl/α,β-unsaturated/α-hetero) is 1. The highest BCUT2D eigenvalue weighted by molar-refractivity contribution is 5.88. The number of hydrogen-bond donors (Lipinski definition) is 14. The molecule has 0 aromatic carbocycles. The van der Waals surface area contributed by atoms with Crippen LogP contribution >= 0.6 is 0 Å². The van der Waals surface area contributed by atoms with Crippen LogP contribution in [0.15, 0.2) is 54.8 Å². The summed E-state index contributed by atoms with van der Waals surface area (Å²) in [5, 5.41) is 56.3. The zero-order valence-electron chi connectivity index (χ0n) is 83.4. The maximum atomic E-state index is 11.0. The lowest BCUT2D eigenvalue weighted by molar-refractivity contribution is -0.125. The Hall–Kier alpha value is -8.91. The summed E-state index contributed by atoms with van der Waals surface area (Å²) >= 11 is 0. The first kappa shape index (κ1) is 127. The molecule has 0 bridgehead atoms. The zero-order chi connectivity index (χ0) is 95.7. The van der Waals surface area contributed by atoms with Crippen LogP contribution in [-0.2, 0) is 24.0 Å². The molecule has 0 radical (unpaired) electrons. The van der Waals surface area contributed by atoms with Crippen molar-refractivity contribution in [2.24, 2.45) is 124 Å². The Labute approximate surface area is 727 Å². The number of hydrogen-bond acceptors (Lipinski definition) is 23. The molecule has 33 nitrogen and oxygen atoms in total. The SMILES string of the molecule is CC(C)/C=C(\O)C(C)C.CC(C)C(N)=O.CC(C)C(N)=O.CC(C)C1=NN=NC1.CC(C)C1=NNNN1.CC(C)CC(=O)C(C)C.CC(C)N=C(N)C(C)C.CC(C)N=C(N)C(C)C.CC(C)NC(=O)C(C)C.CC(C)NC(=O)C(C)C.CC(C)c1cnc(C(C)C)[nH]1.CC(C)c1cnc(C(C)C)[nH]1.CC(C)c1nn[nH]n1.CC(C)c1nn[nH]n1. The van der Waals surface area contributed by atoms with Gasteiger partial charge in [-0.05, 0) is 96.3 Å². The van der Waals surface area contributed by atoms with Crippen molar-refractivity contribution in [2.75, 3.05) is 6.54 Å². The summed E-state index contributed by atoms with van der Waals surface area (Å²) in [6.45, 7) is 89.1. The average molecular weight is 1700 g/mol. The number of carbonyl (C=O) groups excluding carboxylic acids is 5. The monoisotopic (exact) mass is 1700 g/mol. The number of amidine groups is 3. The first-order chi connectivity index (χ1) is 54.9. The number of primary amides is 2. The fourth-order valence-electron chi connectivity index (χ4n) is 6.68. The number of aliphatic hydroxyl groups is 1. The maximum Gasteiger partial charge on any atom is 0.222 e. The molecule has 0 aliphatic carbocycles. The van der Waals surface area contributed by atoms with Crippen LogP contribution in [0.1, 0.15) is 381 Å². The number of nitrogens with one attached hydrogen (secondary N) is 9. The number of ketones is 1. The summed E-state index contributed by atoms with van der Waals surface area (Å²) < 4.78 is 0. The number of aromatic nitrogens is 12. The Morgan fingerprint density at radius 3 is 0.908 bits per heavy atom. The standard InChI is InChI=1S/2C9H16N2.2C8H16O.2C7H16N2.2C7H15NO.C5H9N3.C4H10N4.2C4H8N4.2C4H9NO/c2*1-6(2)8-5-10-9(11-8)7(3)4;2*1-6(2)5-8(9)7(3)4;2*1-5(2)7(8)9-6(3)4;2*1-5(2)7(9)8-6(3)4;1-4(2)5-3-6-8-7-5;3*1-3(2)4-5-7-8-6-4;2*1-3(2)4(5)6/h2*5-7H,1-4H3,(H,10,11);6-7H,5H2,1-4H3;5-7,9H,1-4H3;2*5-6H,1-4H3,(H2,8,9);2*5-6H,1-4H3,(H,8,9);4H,3H2,1-2H3;3,7-8H,1-2H3,(H,5,6);2*3H,1-2H3,(H,5,6,7,8);2*3H,1-2H3,(H2,5,6)/b;;;8-5-;;;;;;;;;;. The number of hydrazine groups is 2. The summed E-state index contributed by atoms with van der Waals surface area (Å²) in [6, 6.07) is 1.18. The van der Waals surface area contributed by atoms with E-state index in [1.165, 1.54) is 11.4 Å². The normalized spacial score (nSPS) is 12.1. The molecule has 6 heterocycles. The molecule has 0 spiro atoms. The number of H-pyrrole nitrogens is 4. The van der Waals surface area contributed by atoms with Gasteiger partial charge in [0.25, 0.3) is 0 Å². The van der Waals surface area contributed by atoms with Gasteiger partial charge in [0.1, 0.15) is 29.8 Å². The fraction of sp³-hybridized carbons (Fsp3) is 0.782. The average Bonchev–Trinajstić information content (AvgIpc) is 1.77. The van der Waals surface area contributed by atoms with Gasteiger partial charge in [-0.1, -0.05) is 260 Å². The number of rotatable bonds is 23. The van der Waals surface area contributed by atoms with Gasteiger partial charge in [0.2, 0.25) is 23.6 Å². The third-order valence-corrected chi connectivity index (χ3v) is 14.8. The van der Waals surface area contributed by atoms with Gasteiger partial charge in [-0.2, -0.15) is 15.5 Å². The second-order valence-corrected chi connectivity index (χ2v) is 35.6. The van der Waals surface area contributed by atoms with Gasteiger partial charge in [-0.15, -0.1) is 36.1 Å². The van der Waals surface area contributed by atoms with E-state index < -0.39 is 0 Å². The number of aromatic amines is 4. The Morgan fingerprint density at radius 2 is 0.800 bits per heavy atom. The molecule has 120 heavy (non-hydrogen) atoms. The van der Waals surface area contributed by atoms with E-state index >= 15 is 0 Å².